The van der Waals surface area contributed by atoms with Gasteiger partial charge in [0.1, 0.15) is 11.6 Å². The van der Waals surface area contributed by atoms with E-state index in [1.54, 1.807) is 36.5 Å². The SMILES string of the molecule is Cc1cc(S(=O)(=O)N(Cc2ccccn2)Cc2ccco2)ccc1F. The Bertz CT molecular complexity index is 942. The number of nitrogens with zero attached hydrogens (tertiary/aromatic N) is 2. The first-order chi connectivity index (χ1) is 12.0. The van der Waals surface area contributed by atoms with Crippen molar-refractivity contribution in [2.24, 2.45) is 0 Å². The third kappa shape index (κ3) is 3.94. The van der Waals surface area contributed by atoms with Crippen molar-refractivity contribution in [1.82, 2.24) is 9.29 Å². The Morgan fingerprint density at radius 3 is 2.60 bits per heavy atom. The number of halogens is 1. The van der Waals surface area contributed by atoms with Crippen molar-refractivity contribution in [3.8, 4) is 0 Å². The number of pyridine rings is 1. The molecule has 0 fully saturated rings. The van der Waals surface area contributed by atoms with E-state index in [0.717, 1.165) is 6.07 Å². The average Bonchev–Trinajstić information content (AvgIpc) is 3.11. The van der Waals surface area contributed by atoms with E-state index in [1.807, 2.05) is 0 Å². The molecule has 0 N–H and O–H groups in total. The van der Waals surface area contributed by atoms with Gasteiger partial charge in [0, 0.05) is 6.20 Å². The van der Waals surface area contributed by atoms with E-state index < -0.39 is 15.8 Å². The lowest BCUT2D eigenvalue weighted by Crippen LogP contribution is -2.30. The van der Waals surface area contributed by atoms with Crippen LogP contribution in [0.3, 0.4) is 0 Å². The van der Waals surface area contributed by atoms with Gasteiger partial charge in [0.15, 0.2) is 0 Å². The molecule has 0 saturated heterocycles. The minimum absolute atomic E-state index is 0.0360. The van der Waals surface area contributed by atoms with E-state index in [-0.39, 0.29) is 23.5 Å². The summed E-state index contributed by atoms with van der Waals surface area (Å²) < 4.78 is 46.2. The highest BCUT2D eigenvalue weighted by Crippen LogP contribution is 2.22. The zero-order chi connectivity index (χ0) is 17.9. The molecule has 2 heterocycles. The van der Waals surface area contributed by atoms with Crippen LogP contribution in [-0.2, 0) is 23.1 Å². The van der Waals surface area contributed by atoms with Crippen LogP contribution in [0.5, 0.6) is 0 Å². The lowest BCUT2D eigenvalue weighted by atomic mass is 10.2. The molecule has 3 aromatic rings. The number of sulfonamides is 1. The van der Waals surface area contributed by atoms with Gasteiger partial charge in [-0.25, -0.2) is 12.8 Å². The maximum Gasteiger partial charge on any atom is 0.243 e. The van der Waals surface area contributed by atoms with Gasteiger partial charge < -0.3 is 4.42 Å². The van der Waals surface area contributed by atoms with E-state index in [4.69, 9.17) is 4.42 Å². The van der Waals surface area contributed by atoms with Gasteiger partial charge in [0.05, 0.1) is 29.9 Å². The van der Waals surface area contributed by atoms with Crippen LogP contribution in [0.25, 0.3) is 0 Å². The summed E-state index contributed by atoms with van der Waals surface area (Å²) in [4.78, 5) is 4.23. The highest BCUT2D eigenvalue weighted by Gasteiger charge is 2.26. The largest absolute Gasteiger partial charge is 0.468 e. The van der Waals surface area contributed by atoms with Crippen LogP contribution >= 0.6 is 0 Å². The predicted octanol–water partition coefficient (Wildman–Crippen LogP) is 3.51. The molecule has 1 aromatic carbocycles. The molecular formula is C18H17FN2O3S. The van der Waals surface area contributed by atoms with E-state index >= 15 is 0 Å². The molecule has 0 bridgehead atoms. The van der Waals surface area contributed by atoms with Crippen LogP contribution in [0.4, 0.5) is 4.39 Å². The zero-order valence-corrected chi connectivity index (χ0v) is 14.4. The fraction of sp³-hybridized carbons (Fsp3) is 0.167. The van der Waals surface area contributed by atoms with E-state index in [1.165, 1.54) is 29.6 Å². The van der Waals surface area contributed by atoms with Crippen molar-refractivity contribution in [2.75, 3.05) is 0 Å². The van der Waals surface area contributed by atoms with Gasteiger partial charge in [0.2, 0.25) is 10.0 Å². The van der Waals surface area contributed by atoms with Crippen LogP contribution in [0.15, 0.2) is 70.3 Å². The summed E-state index contributed by atoms with van der Waals surface area (Å²) in [7, 11) is -3.85. The third-order valence-electron chi connectivity index (χ3n) is 3.74. The molecule has 0 aliphatic rings. The van der Waals surface area contributed by atoms with Crippen molar-refractivity contribution in [3.05, 3.63) is 83.8 Å². The molecule has 0 aliphatic heterocycles. The first kappa shape index (κ1) is 17.3. The highest BCUT2D eigenvalue weighted by molar-refractivity contribution is 7.89. The second-order valence-corrected chi connectivity index (χ2v) is 7.52. The van der Waals surface area contributed by atoms with Crippen molar-refractivity contribution >= 4 is 10.0 Å². The van der Waals surface area contributed by atoms with E-state index in [2.05, 4.69) is 4.98 Å². The maximum absolute atomic E-state index is 13.5. The molecule has 0 spiro atoms. The van der Waals surface area contributed by atoms with Crippen LogP contribution in [0.2, 0.25) is 0 Å². The quantitative estimate of drug-likeness (QED) is 0.675. The normalized spacial score (nSPS) is 11.8. The van der Waals surface area contributed by atoms with Gasteiger partial charge in [-0.3, -0.25) is 4.98 Å². The lowest BCUT2D eigenvalue weighted by molar-refractivity contribution is 0.355. The Morgan fingerprint density at radius 2 is 1.96 bits per heavy atom. The summed E-state index contributed by atoms with van der Waals surface area (Å²) in [5.74, 6) is 0.0691. The molecule has 25 heavy (non-hydrogen) atoms. The number of aryl methyl sites for hydroxylation is 1. The molecule has 0 radical (unpaired) electrons. The van der Waals surface area contributed by atoms with Crippen LogP contribution in [0.1, 0.15) is 17.0 Å². The van der Waals surface area contributed by atoms with Crippen molar-refractivity contribution in [3.63, 3.8) is 0 Å². The van der Waals surface area contributed by atoms with Crippen LogP contribution < -0.4 is 0 Å². The molecule has 0 amide bonds. The molecule has 0 saturated carbocycles. The second-order valence-electron chi connectivity index (χ2n) is 5.58. The molecule has 0 unspecified atom stereocenters. The molecular weight excluding hydrogens is 343 g/mol. The standard InChI is InChI=1S/C18H17FN2O3S/c1-14-11-17(7-8-18(14)19)25(22,23)21(13-16-6-4-10-24-16)12-15-5-2-3-9-20-15/h2-11H,12-13H2,1H3. The Labute approximate surface area is 145 Å². The van der Waals surface area contributed by atoms with Gasteiger partial charge in [-0.2, -0.15) is 4.31 Å². The Balaban J connectivity index is 1.97. The lowest BCUT2D eigenvalue weighted by Gasteiger charge is -2.21. The monoisotopic (exact) mass is 360 g/mol. The Morgan fingerprint density at radius 1 is 1.12 bits per heavy atom. The molecule has 2 aromatic heterocycles. The zero-order valence-electron chi connectivity index (χ0n) is 13.6. The third-order valence-corrected chi connectivity index (χ3v) is 5.53. The van der Waals surface area contributed by atoms with Gasteiger partial charge in [-0.1, -0.05) is 6.07 Å². The predicted molar refractivity (Wildman–Crippen MR) is 90.5 cm³/mol. The molecule has 0 aliphatic carbocycles. The number of rotatable bonds is 6. The smallest absolute Gasteiger partial charge is 0.243 e. The minimum Gasteiger partial charge on any atom is -0.468 e. The fourth-order valence-corrected chi connectivity index (χ4v) is 3.86. The molecule has 5 nitrogen and oxygen atoms in total. The minimum atomic E-state index is -3.85. The Kier molecular flexibility index (Phi) is 4.96. The Hall–Kier alpha value is -2.51. The summed E-state index contributed by atoms with van der Waals surface area (Å²) in [5.41, 5.74) is 0.883. The maximum atomic E-state index is 13.5. The fourth-order valence-electron chi connectivity index (χ4n) is 2.40. The number of hydrogen-bond acceptors (Lipinski definition) is 4. The molecule has 0 atom stereocenters. The van der Waals surface area contributed by atoms with Gasteiger partial charge in [-0.15, -0.1) is 0 Å². The number of benzene rings is 1. The topological polar surface area (TPSA) is 63.4 Å². The van der Waals surface area contributed by atoms with Crippen LogP contribution in [-0.4, -0.2) is 17.7 Å². The first-order valence-corrected chi connectivity index (χ1v) is 9.09. The molecule has 130 valence electrons. The highest BCUT2D eigenvalue weighted by atomic mass is 32.2. The summed E-state index contributed by atoms with van der Waals surface area (Å²) in [5, 5.41) is 0. The van der Waals surface area contributed by atoms with Gasteiger partial charge >= 0.3 is 0 Å². The van der Waals surface area contributed by atoms with Crippen molar-refractivity contribution in [1.29, 1.82) is 0 Å². The second kappa shape index (κ2) is 7.16. The summed E-state index contributed by atoms with van der Waals surface area (Å²) in [6, 6.07) is 12.5. The summed E-state index contributed by atoms with van der Waals surface area (Å²) in [6.45, 7) is 1.67. The summed E-state index contributed by atoms with van der Waals surface area (Å²) >= 11 is 0. The van der Waals surface area contributed by atoms with E-state index in [0.29, 0.717) is 11.5 Å². The van der Waals surface area contributed by atoms with Gasteiger partial charge in [-0.05, 0) is 55.0 Å². The van der Waals surface area contributed by atoms with Crippen molar-refractivity contribution in [2.45, 2.75) is 24.9 Å². The number of hydrogen-bond donors (Lipinski definition) is 0. The number of furan rings is 1. The van der Waals surface area contributed by atoms with E-state index in [9.17, 15) is 12.8 Å². The molecule has 3 rings (SSSR count). The average molecular weight is 360 g/mol. The summed E-state index contributed by atoms with van der Waals surface area (Å²) in [6.07, 6.45) is 3.10. The first-order valence-electron chi connectivity index (χ1n) is 7.65. The van der Waals surface area contributed by atoms with Crippen molar-refractivity contribution < 1.29 is 17.2 Å². The molecule has 7 heteroatoms. The van der Waals surface area contributed by atoms with Gasteiger partial charge in [0.25, 0.3) is 0 Å². The van der Waals surface area contributed by atoms with Crippen LogP contribution in [0, 0.1) is 12.7 Å². The number of aromatic nitrogens is 1.